The molecule has 232 valence electrons. The summed E-state index contributed by atoms with van der Waals surface area (Å²) in [5, 5.41) is 23.9. The molecule has 3 aromatic carbocycles. The molecule has 0 aromatic heterocycles. The molecule has 12 nitrogen and oxygen atoms in total. The van der Waals surface area contributed by atoms with E-state index in [1.165, 1.54) is 0 Å². The molecule has 0 fully saturated rings. The molecule has 3 rings (SSSR count). The molecule has 1 atom stereocenters. The van der Waals surface area contributed by atoms with Gasteiger partial charge in [-0.25, -0.2) is 10.1 Å². The zero-order chi connectivity index (χ0) is 31.7. The fraction of sp³-hybridized carbons (Fsp3) is 0.312. The number of nitrogens with one attached hydrogen (secondary N) is 4. The van der Waals surface area contributed by atoms with Gasteiger partial charge in [-0.2, -0.15) is 0 Å². The molecular formula is C32H39N7O5. The van der Waals surface area contributed by atoms with E-state index in [0.717, 1.165) is 29.5 Å². The minimum absolute atomic E-state index is 0.152. The molecule has 6 N–H and O–H groups in total. The van der Waals surface area contributed by atoms with Crippen molar-refractivity contribution in [1.82, 2.24) is 21.3 Å². The smallest absolute Gasteiger partial charge is 0.266 e. The van der Waals surface area contributed by atoms with Gasteiger partial charge >= 0.3 is 0 Å². The molecule has 0 aliphatic carbocycles. The zero-order valence-electron chi connectivity index (χ0n) is 24.7. The minimum Gasteiger partial charge on any atom is -0.365 e. The Morgan fingerprint density at radius 2 is 1.41 bits per heavy atom. The van der Waals surface area contributed by atoms with E-state index in [9.17, 15) is 24.5 Å². The van der Waals surface area contributed by atoms with Crippen molar-refractivity contribution in [3.8, 4) is 0 Å². The van der Waals surface area contributed by atoms with E-state index in [-0.39, 0.29) is 37.3 Å². The first-order valence-corrected chi connectivity index (χ1v) is 14.6. The number of benzene rings is 3. The van der Waals surface area contributed by atoms with Gasteiger partial charge in [0.05, 0.1) is 5.92 Å². The van der Waals surface area contributed by atoms with Gasteiger partial charge in [0.2, 0.25) is 11.8 Å². The number of hydrogen-bond donors (Lipinski definition) is 5. The van der Waals surface area contributed by atoms with Gasteiger partial charge in [0.1, 0.15) is 11.1 Å². The van der Waals surface area contributed by atoms with Crippen molar-refractivity contribution < 1.29 is 19.4 Å². The maximum atomic E-state index is 13.7. The Kier molecular flexibility index (Phi) is 13.3. The molecule has 3 amide bonds. The number of carbonyl (C=O) groups is 3. The number of unbranched alkanes of at least 4 members (excludes halogenated alkanes) is 1. The van der Waals surface area contributed by atoms with E-state index in [1.807, 2.05) is 60.7 Å². The molecule has 0 spiro atoms. The third-order valence-corrected chi connectivity index (χ3v) is 6.82. The first-order valence-electron chi connectivity index (χ1n) is 14.6. The van der Waals surface area contributed by atoms with Crippen LogP contribution >= 0.6 is 0 Å². The van der Waals surface area contributed by atoms with Crippen LogP contribution in [-0.4, -0.2) is 47.8 Å². The summed E-state index contributed by atoms with van der Waals surface area (Å²) in [6.45, 7) is 3.05. The molecule has 0 bridgehead atoms. The number of carbonyl (C=O) groups excluding carboxylic acids is 3. The Labute approximate surface area is 256 Å². The first kappa shape index (κ1) is 33.2. The van der Waals surface area contributed by atoms with Gasteiger partial charge in [-0.15, -0.1) is 0 Å². The van der Waals surface area contributed by atoms with Gasteiger partial charge < -0.3 is 27.0 Å². The highest BCUT2D eigenvalue weighted by atomic mass is 16.7. The highest BCUT2D eigenvalue weighted by Crippen LogP contribution is 2.25. The number of hydrazone groups is 1. The van der Waals surface area contributed by atoms with Crippen LogP contribution in [0.5, 0.6) is 0 Å². The highest BCUT2D eigenvalue weighted by molar-refractivity contribution is 5.94. The number of rotatable bonds is 16. The van der Waals surface area contributed by atoms with Crippen LogP contribution in [0, 0.1) is 10.1 Å². The standard InChI is InChI=1S/C32H39N7O5/c1-2-3-20-34-29(40)26-18-16-23(17-19-26)22-36-30(41)27(15-10-21-35-32(33)38-39(43)44)37-31(42)28(24-11-6-4-7-12-24)25-13-8-5-9-14-25/h4-9,11-14,16-19,27-28H,2-3,10,15,20-22H2,1H3,(H,34,40)(H,36,41)(H,37,42)(H3,33,35,38)/t27-/m1/s1. The van der Waals surface area contributed by atoms with Gasteiger partial charge in [-0.1, -0.05) is 86.1 Å². The molecule has 0 saturated carbocycles. The summed E-state index contributed by atoms with van der Waals surface area (Å²) in [5.41, 5.74) is 8.36. The van der Waals surface area contributed by atoms with Crippen molar-refractivity contribution in [2.75, 3.05) is 13.1 Å². The van der Waals surface area contributed by atoms with Crippen molar-refractivity contribution in [1.29, 1.82) is 0 Å². The Hall–Kier alpha value is -5.26. The maximum Gasteiger partial charge on any atom is 0.266 e. The number of amides is 3. The third-order valence-electron chi connectivity index (χ3n) is 6.82. The average Bonchev–Trinajstić information content (AvgIpc) is 3.02. The second kappa shape index (κ2) is 17.6. The fourth-order valence-electron chi connectivity index (χ4n) is 4.52. The summed E-state index contributed by atoms with van der Waals surface area (Å²) >= 11 is 0. The van der Waals surface area contributed by atoms with Gasteiger partial charge in [-0.3, -0.25) is 14.4 Å². The van der Waals surface area contributed by atoms with Crippen LogP contribution in [0.2, 0.25) is 0 Å². The lowest BCUT2D eigenvalue weighted by molar-refractivity contribution is -0.485. The normalized spacial score (nSPS) is 11.8. The van der Waals surface area contributed by atoms with Crippen LogP contribution < -0.4 is 27.0 Å². The zero-order valence-corrected chi connectivity index (χ0v) is 24.7. The number of nitro groups is 1. The molecule has 0 aliphatic heterocycles. The molecular weight excluding hydrogens is 562 g/mol. The van der Waals surface area contributed by atoms with Gasteiger partial charge in [0.25, 0.3) is 11.9 Å². The topological polar surface area (TPSA) is 181 Å². The lowest BCUT2D eigenvalue weighted by Gasteiger charge is -2.23. The van der Waals surface area contributed by atoms with Crippen molar-refractivity contribution in [2.24, 2.45) is 10.8 Å². The van der Waals surface area contributed by atoms with Crippen LogP contribution in [0.4, 0.5) is 0 Å². The number of hydrogen-bond acceptors (Lipinski definition) is 5. The van der Waals surface area contributed by atoms with Crippen LogP contribution in [0.15, 0.2) is 90.0 Å². The summed E-state index contributed by atoms with van der Waals surface area (Å²) in [7, 11) is 0. The Morgan fingerprint density at radius 3 is 1.98 bits per heavy atom. The summed E-state index contributed by atoms with van der Waals surface area (Å²) in [5.74, 6) is -1.89. The molecule has 12 heteroatoms. The molecule has 44 heavy (non-hydrogen) atoms. The SMILES string of the molecule is CCCCNC(=O)c1ccc(CNC(=O)[C@@H](CCCN/C(N)=N\[N+](=O)[O-])NC(=O)C(c2ccccc2)c2ccccc2)cc1. The number of guanidine groups is 1. The average molecular weight is 602 g/mol. The van der Waals surface area contributed by atoms with E-state index in [1.54, 1.807) is 24.3 Å². The second-order valence-corrected chi connectivity index (χ2v) is 10.1. The predicted molar refractivity (Wildman–Crippen MR) is 168 cm³/mol. The molecule has 0 radical (unpaired) electrons. The van der Waals surface area contributed by atoms with Gasteiger partial charge in [0, 0.05) is 25.2 Å². The molecule has 0 unspecified atom stereocenters. The van der Waals surface area contributed by atoms with Crippen LogP contribution in [0.1, 0.15) is 65.6 Å². The largest absolute Gasteiger partial charge is 0.365 e. The lowest BCUT2D eigenvalue weighted by Crippen LogP contribution is -2.48. The molecule has 0 saturated heterocycles. The second-order valence-electron chi connectivity index (χ2n) is 10.1. The Morgan fingerprint density at radius 1 is 0.818 bits per heavy atom. The summed E-state index contributed by atoms with van der Waals surface area (Å²) in [6, 6.07) is 24.6. The molecule has 3 aromatic rings. The number of nitrogens with two attached hydrogens (primary N) is 1. The van der Waals surface area contributed by atoms with Gasteiger partial charge in [-0.05, 0) is 48.1 Å². The van der Waals surface area contributed by atoms with Crippen LogP contribution in [0.3, 0.4) is 0 Å². The quantitative estimate of drug-likeness (QED) is 0.0550. The summed E-state index contributed by atoms with van der Waals surface area (Å²) in [4.78, 5) is 50.0. The van der Waals surface area contributed by atoms with Crippen LogP contribution in [-0.2, 0) is 16.1 Å². The maximum absolute atomic E-state index is 13.7. The Bertz CT molecular complexity index is 1360. The van der Waals surface area contributed by atoms with E-state index in [2.05, 4.69) is 33.3 Å². The molecule has 0 heterocycles. The highest BCUT2D eigenvalue weighted by Gasteiger charge is 2.27. The summed E-state index contributed by atoms with van der Waals surface area (Å²) < 4.78 is 0. The molecule has 0 aliphatic rings. The summed E-state index contributed by atoms with van der Waals surface area (Å²) in [6.07, 6.45) is 2.47. The van der Waals surface area contributed by atoms with E-state index >= 15 is 0 Å². The minimum atomic E-state index is -0.906. The van der Waals surface area contributed by atoms with Crippen molar-refractivity contribution in [3.05, 3.63) is 117 Å². The lowest BCUT2D eigenvalue weighted by atomic mass is 9.90. The predicted octanol–water partition coefficient (Wildman–Crippen LogP) is 3.03. The third kappa shape index (κ3) is 10.9. The van der Waals surface area contributed by atoms with E-state index in [0.29, 0.717) is 18.5 Å². The van der Waals surface area contributed by atoms with E-state index in [4.69, 9.17) is 5.73 Å². The first-order chi connectivity index (χ1) is 21.3. The number of nitrogens with zero attached hydrogens (tertiary/aromatic N) is 2. The van der Waals surface area contributed by atoms with Gasteiger partial charge in [0.15, 0.2) is 5.03 Å². The fourth-order valence-corrected chi connectivity index (χ4v) is 4.52. The van der Waals surface area contributed by atoms with Crippen molar-refractivity contribution >= 4 is 23.7 Å². The van der Waals surface area contributed by atoms with Crippen molar-refractivity contribution in [3.63, 3.8) is 0 Å². The van der Waals surface area contributed by atoms with E-state index < -0.39 is 22.9 Å². The monoisotopic (exact) mass is 601 g/mol. The van der Waals surface area contributed by atoms with Crippen molar-refractivity contribution in [2.45, 2.75) is 51.1 Å². The van der Waals surface area contributed by atoms with Crippen LogP contribution in [0.25, 0.3) is 0 Å². The Balaban J connectivity index is 1.71.